The second-order valence-corrected chi connectivity index (χ2v) is 3.44. The summed E-state index contributed by atoms with van der Waals surface area (Å²) in [5.41, 5.74) is 0. The van der Waals surface area contributed by atoms with Crippen LogP contribution >= 0.6 is 0 Å². The summed E-state index contributed by atoms with van der Waals surface area (Å²) in [5, 5.41) is 8.93. The number of aliphatic imine (C=N–C) groups is 1. The normalized spacial score (nSPS) is 27.2. The third-order valence-electron chi connectivity index (χ3n) is 1.98. The Morgan fingerprint density at radius 1 is 1.54 bits per heavy atom. The van der Waals surface area contributed by atoms with E-state index in [4.69, 9.17) is 5.11 Å². The van der Waals surface area contributed by atoms with Crippen molar-refractivity contribution < 1.29 is 14.7 Å². The minimum Gasteiger partial charge on any atom is -0.393 e. The molecule has 13 heavy (non-hydrogen) atoms. The molecule has 0 aliphatic heterocycles. The SMILES string of the molecule is CC(=O)CC(=O)N=CC1CC(O)C1. The van der Waals surface area contributed by atoms with Crippen LogP contribution in [0.4, 0.5) is 0 Å². The van der Waals surface area contributed by atoms with E-state index in [9.17, 15) is 9.59 Å². The summed E-state index contributed by atoms with van der Waals surface area (Å²) in [4.78, 5) is 25.0. The first-order valence-electron chi connectivity index (χ1n) is 4.32. The van der Waals surface area contributed by atoms with Crippen molar-refractivity contribution in [2.24, 2.45) is 10.9 Å². The van der Waals surface area contributed by atoms with Crippen molar-refractivity contribution in [2.75, 3.05) is 0 Å². The van der Waals surface area contributed by atoms with Crippen LogP contribution in [0.3, 0.4) is 0 Å². The van der Waals surface area contributed by atoms with Gasteiger partial charge in [-0.15, -0.1) is 0 Å². The molecule has 1 amide bonds. The Bertz CT molecular complexity index is 241. The van der Waals surface area contributed by atoms with Crippen LogP contribution in [0.15, 0.2) is 4.99 Å². The van der Waals surface area contributed by atoms with Crippen LogP contribution in [0.25, 0.3) is 0 Å². The van der Waals surface area contributed by atoms with Crippen molar-refractivity contribution in [3.05, 3.63) is 0 Å². The van der Waals surface area contributed by atoms with Gasteiger partial charge in [0, 0.05) is 6.21 Å². The lowest BCUT2D eigenvalue weighted by molar-refractivity contribution is -0.125. The average molecular weight is 183 g/mol. The van der Waals surface area contributed by atoms with Crippen LogP contribution in [-0.2, 0) is 9.59 Å². The lowest BCUT2D eigenvalue weighted by Gasteiger charge is -2.27. The van der Waals surface area contributed by atoms with E-state index in [0.717, 1.165) is 0 Å². The number of Topliss-reactive ketones (excluding diaryl/α,β-unsaturated/α-hetero) is 1. The van der Waals surface area contributed by atoms with Gasteiger partial charge in [0.15, 0.2) is 0 Å². The molecule has 1 saturated carbocycles. The van der Waals surface area contributed by atoms with E-state index in [1.165, 1.54) is 13.1 Å². The topological polar surface area (TPSA) is 66.7 Å². The molecule has 0 atom stereocenters. The monoisotopic (exact) mass is 183 g/mol. The fraction of sp³-hybridized carbons (Fsp3) is 0.667. The molecule has 72 valence electrons. The summed E-state index contributed by atoms with van der Waals surface area (Å²) < 4.78 is 0. The zero-order valence-electron chi connectivity index (χ0n) is 7.56. The molecule has 0 radical (unpaired) electrons. The maximum absolute atomic E-state index is 10.9. The number of nitrogens with zero attached hydrogens (tertiary/aromatic N) is 1. The average Bonchev–Trinajstić information content (AvgIpc) is 1.94. The van der Waals surface area contributed by atoms with Gasteiger partial charge >= 0.3 is 0 Å². The number of carbonyl (C=O) groups excluding carboxylic acids is 2. The summed E-state index contributed by atoms with van der Waals surface area (Å²) in [6, 6.07) is 0. The van der Waals surface area contributed by atoms with Crippen molar-refractivity contribution in [1.29, 1.82) is 0 Å². The van der Waals surface area contributed by atoms with Crippen LogP contribution in [0.2, 0.25) is 0 Å². The van der Waals surface area contributed by atoms with Crippen molar-refractivity contribution in [1.82, 2.24) is 0 Å². The zero-order valence-corrected chi connectivity index (χ0v) is 7.56. The third kappa shape index (κ3) is 3.46. The van der Waals surface area contributed by atoms with E-state index in [-0.39, 0.29) is 24.2 Å². The lowest BCUT2D eigenvalue weighted by atomic mass is 9.83. The number of aliphatic hydroxyl groups excluding tert-OH is 1. The van der Waals surface area contributed by atoms with Crippen LogP contribution in [-0.4, -0.2) is 29.1 Å². The Balaban J connectivity index is 2.23. The standard InChI is InChI=1S/C9H13NO3/c1-6(11)2-9(13)10-5-7-3-8(12)4-7/h5,7-8,12H,2-4H2,1H3. The molecule has 0 aromatic heterocycles. The summed E-state index contributed by atoms with van der Waals surface area (Å²) in [7, 11) is 0. The molecule has 1 N–H and O–H groups in total. The Morgan fingerprint density at radius 2 is 2.15 bits per heavy atom. The minimum absolute atomic E-state index is 0.119. The van der Waals surface area contributed by atoms with E-state index in [2.05, 4.69) is 4.99 Å². The molecular weight excluding hydrogens is 170 g/mol. The second-order valence-electron chi connectivity index (χ2n) is 3.44. The number of hydrogen-bond donors (Lipinski definition) is 1. The molecule has 4 nitrogen and oxygen atoms in total. The number of hydrogen-bond acceptors (Lipinski definition) is 3. The van der Waals surface area contributed by atoms with E-state index >= 15 is 0 Å². The molecule has 0 bridgehead atoms. The quantitative estimate of drug-likeness (QED) is 0.506. The van der Waals surface area contributed by atoms with Crippen molar-refractivity contribution in [2.45, 2.75) is 32.3 Å². The summed E-state index contributed by atoms with van der Waals surface area (Å²) in [6.45, 7) is 1.36. The fourth-order valence-electron chi connectivity index (χ4n) is 1.20. The van der Waals surface area contributed by atoms with E-state index in [1.807, 2.05) is 0 Å². The fourth-order valence-corrected chi connectivity index (χ4v) is 1.20. The lowest BCUT2D eigenvalue weighted by Crippen LogP contribution is -2.29. The number of carbonyl (C=O) groups is 2. The molecule has 0 unspecified atom stereocenters. The first-order valence-corrected chi connectivity index (χ1v) is 4.32. The molecular formula is C9H13NO3. The Labute approximate surface area is 76.7 Å². The predicted octanol–water partition coefficient (Wildman–Crippen LogP) is 0.334. The molecule has 0 saturated heterocycles. The molecule has 0 heterocycles. The van der Waals surface area contributed by atoms with E-state index in [0.29, 0.717) is 12.8 Å². The van der Waals surface area contributed by atoms with Crippen LogP contribution in [0.1, 0.15) is 26.2 Å². The maximum atomic E-state index is 10.9. The van der Waals surface area contributed by atoms with Gasteiger partial charge in [0.2, 0.25) is 0 Å². The molecule has 0 spiro atoms. The van der Waals surface area contributed by atoms with E-state index < -0.39 is 5.91 Å². The Hall–Kier alpha value is -1.03. The van der Waals surface area contributed by atoms with Gasteiger partial charge in [-0.05, 0) is 25.7 Å². The van der Waals surface area contributed by atoms with Gasteiger partial charge in [0.1, 0.15) is 5.78 Å². The van der Waals surface area contributed by atoms with Gasteiger partial charge < -0.3 is 5.11 Å². The van der Waals surface area contributed by atoms with Crippen molar-refractivity contribution in [3.8, 4) is 0 Å². The van der Waals surface area contributed by atoms with Gasteiger partial charge in [-0.2, -0.15) is 0 Å². The highest BCUT2D eigenvalue weighted by atomic mass is 16.3. The van der Waals surface area contributed by atoms with Gasteiger partial charge in [0.25, 0.3) is 5.91 Å². The predicted molar refractivity (Wildman–Crippen MR) is 47.5 cm³/mol. The second kappa shape index (κ2) is 4.28. The number of rotatable bonds is 3. The smallest absolute Gasteiger partial charge is 0.252 e. The first kappa shape index (κ1) is 10.1. The van der Waals surface area contributed by atoms with Gasteiger partial charge in [-0.25, -0.2) is 4.99 Å². The third-order valence-corrected chi connectivity index (χ3v) is 1.98. The molecule has 1 fully saturated rings. The van der Waals surface area contributed by atoms with Gasteiger partial charge in [0.05, 0.1) is 12.5 Å². The molecule has 1 aliphatic carbocycles. The molecule has 4 heteroatoms. The molecule has 1 rings (SSSR count). The Kier molecular flexibility index (Phi) is 3.31. The van der Waals surface area contributed by atoms with Crippen molar-refractivity contribution in [3.63, 3.8) is 0 Å². The largest absolute Gasteiger partial charge is 0.393 e. The highest BCUT2D eigenvalue weighted by Gasteiger charge is 2.25. The highest BCUT2D eigenvalue weighted by Crippen LogP contribution is 2.24. The molecule has 0 aromatic rings. The van der Waals surface area contributed by atoms with Gasteiger partial charge in [-0.3, -0.25) is 9.59 Å². The van der Waals surface area contributed by atoms with Crippen molar-refractivity contribution >= 4 is 17.9 Å². The van der Waals surface area contributed by atoms with Gasteiger partial charge in [-0.1, -0.05) is 0 Å². The highest BCUT2D eigenvalue weighted by molar-refractivity contribution is 5.99. The number of ketones is 1. The number of amides is 1. The molecule has 0 aromatic carbocycles. The van der Waals surface area contributed by atoms with Crippen LogP contribution < -0.4 is 0 Å². The van der Waals surface area contributed by atoms with E-state index in [1.54, 1.807) is 0 Å². The van der Waals surface area contributed by atoms with Crippen LogP contribution in [0.5, 0.6) is 0 Å². The van der Waals surface area contributed by atoms with Crippen LogP contribution in [0, 0.1) is 5.92 Å². The summed E-state index contributed by atoms with van der Waals surface area (Å²) >= 11 is 0. The minimum atomic E-state index is -0.395. The summed E-state index contributed by atoms with van der Waals surface area (Å²) in [5.74, 6) is -0.351. The zero-order chi connectivity index (χ0) is 9.84. The Morgan fingerprint density at radius 3 is 2.62 bits per heavy atom. The summed E-state index contributed by atoms with van der Waals surface area (Å²) in [6.07, 6.45) is 2.54. The molecule has 1 aliphatic rings. The number of aliphatic hydroxyl groups is 1. The first-order chi connectivity index (χ1) is 6.08. The maximum Gasteiger partial charge on any atom is 0.252 e.